The normalized spacial score (nSPS) is 23.2. The molecule has 3 N–H and O–H groups in total. The SMILES string of the molecule is O=C1NC(Cc2ccc(F)cc2)(C2CCNCC2)C(=O)N1CCc1cn[nH]c1. The molecule has 0 saturated carbocycles. The number of aromatic amines is 1. The standard InChI is InChI=1S/C20H24FN5O2/c21-17-3-1-14(2-4-17)11-20(16-5-8-22-9-6-16)18(27)26(19(28)25-20)10-7-15-12-23-24-13-15/h1-4,12-13,16,22H,5-11H2,(H,23,24)(H,25,28). The van der Waals surface area contributed by atoms with Gasteiger partial charge in [0.05, 0.1) is 6.20 Å². The summed E-state index contributed by atoms with van der Waals surface area (Å²) < 4.78 is 13.3. The number of urea groups is 1. The highest BCUT2D eigenvalue weighted by Gasteiger charge is 2.55. The summed E-state index contributed by atoms with van der Waals surface area (Å²) in [6, 6.07) is 5.80. The van der Waals surface area contributed by atoms with Crippen LogP contribution in [0.5, 0.6) is 0 Å². The molecule has 1 atom stereocenters. The van der Waals surface area contributed by atoms with E-state index in [4.69, 9.17) is 0 Å². The highest BCUT2D eigenvalue weighted by atomic mass is 19.1. The number of halogens is 1. The molecule has 0 radical (unpaired) electrons. The number of hydrogen-bond donors (Lipinski definition) is 3. The second-order valence-corrected chi connectivity index (χ2v) is 7.54. The highest BCUT2D eigenvalue weighted by molar-refractivity contribution is 6.07. The van der Waals surface area contributed by atoms with E-state index in [-0.39, 0.29) is 23.7 Å². The van der Waals surface area contributed by atoms with E-state index >= 15 is 0 Å². The molecule has 2 aromatic rings. The Kier molecular flexibility index (Phi) is 5.13. The lowest BCUT2D eigenvalue weighted by molar-refractivity contribution is -0.133. The number of imide groups is 1. The van der Waals surface area contributed by atoms with E-state index in [9.17, 15) is 14.0 Å². The summed E-state index contributed by atoms with van der Waals surface area (Å²) in [5.41, 5.74) is 0.803. The highest BCUT2D eigenvalue weighted by Crippen LogP contribution is 2.35. The van der Waals surface area contributed by atoms with Crippen LogP contribution in [0.25, 0.3) is 0 Å². The van der Waals surface area contributed by atoms with Crippen molar-refractivity contribution in [3.8, 4) is 0 Å². The minimum absolute atomic E-state index is 0.0363. The van der Waals surface area contributed by atoms with Gasteiger partial charge in [0.25, 0.3) is 5.91 Å². The molecular weight excluding hydrogens is 361 g/mol. The Morgan fingerprint density at radius 1 is 1.14 bits per heavy atom. The molecule has 3 heterocycles. The van der Waals surface area contributed by atoms with Crippen molar-refractivity contribution in [2.24, 2.45) is 5.92 Å². The first kappa shape index (κ1) is 18.6. The fraction of sp³-hybridized carbons (Fsp3) is 0.450. The molecule has 2 aliphatic heterocycles. The van der Waals surface area contributed by atoms with E-state index in [0.29, 0.717) is 19.4 Å². The number of nitrogens with zero attached hydrogens (tertiary/aromatic N) is 2. The van der Waals surface area contributed by atoms with Crippen molar-refractivity contribution >= 4 is 11.9 Å². The Hall–Kier alpha value is -2.74. The van der Waals surface area contributed by atoms with E-state index in [1.807, 2.05) is 0 Å². The van der Waals surface area contributed by atoms with Crippen LogP contribution in [-0.2, 0) is 17.6 Å². The number of aromatic nitrogens is 2. The van der Waals surface area contributed by atoms with Gasteiger partial charge in [0.1, 0.15) is 11.4 Å². The van der Waals surface area contributed by atoms with Crippen LogP contribution in [0.1, 0.15) is 24.0 Å². The third-order valence-electron chi connectivity index (χ3n) is 5.81. The van der Waals surface area contributed by atoms with Crippen LogP contribution in [0.2, 0.25) is 0 Å². The van der Waals surface area contributed by atoms with Gasteiger partial charge in [-0.15, -0.1) is 0 Å². The topological polar surface area (TPSA) is 90.1 Å². The van der Waals surface area contributed by atoms with E-state index < -0.39 is 5.54 Å². The zero-order valence-electron chi connectivity index (χ0n) is 15.6. The van der Waals surface area contributed by atoms with Crippen LogP contribution in [0.4, 0.5) is 9.18 Å². The average molecular weight is 385 g/mol. The summed E-state index contributed by atoms with van der Waals surface area (Å²) in [4.78, 5) is 27.6. The molecule has 4 rings (SSSR count). The predicted molar refractivity (Wildman–Crippen MR) is 101 cm³/mol. The molecule has 0 spiro atoms. The lowest BCUT2D eigenvalue weighted by Crippen LogP contribution is -2.57. The Labute approximate surface area is 162 Å². The predicted octanol–water partition coefficient (Wildman–Crippen LogP) is 1.62. The number of carbonyl (C=O) groups excluding carboxylic acids is 2. The molecule has 28 heavy (non-hydrogen) atoms. The quantitative estimate of drug-likeness (QED) is 0.659. The third kappa shape index (κ3) is 3.52. The summed E-state index contributed by atoms with van der Waals surface area (Å²) in [6.07, 6.45) is 5.98. The van der Waals surface area contributed by atoms with Gasteiger partial charge >= 0.3 is 6.03 Å². The molecule has 2 aliphatic rings. The fourth-order valence-corrected chi connectivity index (χ4v) is 4.28. The van der Waals surface area contributed by atoms with Crippen LogP contribution < -0.4 is 10.6 Å². The minimum atomic E-state index is -0.979. The molecule has 0 aliphatic carbocycles. The zero-order chi connectivity index (χ0) is 19.6. The number of rotatable bonds is 6. The molecule has 148 valence electrons. The first-order valence-corrected chi connectivity index (χ1v) is 9.65. The Morgan fingerprint density at radius 3 is 2.57 bits per heavy atom. The largest absolute Gasteiger partial charge is 0.325 e. The van der Waals surface area contributed by atoms with Crippen molar-refractivity contribution in [2.45, 2.75) is 31.2 Å². The Bertz CT molecular complexity index is 833. The summed E-state index contributed by atoms with van der Waals surface area (Å²) in [6.45, 7) is 1.93. The number of piperidine rings is 1. The molecule has 1 unspecified atom stereocenters. The first-order valence-electron chi connectivity index (χ1n) is 9.65. The van der Waals surface area contributed by atoms with E-state index in [1.165, 1.54) is 17.0 Å². The first-order chi connectivity index (χ1) is 13.6. The van der Waals surface area contributed by atoms with Crippen molar-refractivity contribution in [1.29, 1.82) is 0 Å². The number of H-pyrrole nitrogens is 1. The maximum Gasteiger partial charge on any atom is 0.325 e. The van der Waals surface area contributed by atoms with E-state index in [2.05, 4.69) is 20.8 Å². The van der Waals surface area contributed by atoms with Crippen LogP contribution >= 0.6 is 0 Å². The van der Waals surface area contributed by atoms with Crippen molar-refractivity contribution in [3.63, 3.8) is 0 Å². The Balaban J connectivity index is 1.59. The van der Waals surface area contributed by atoms with Crippen molar-refractivity contribution in [2.75, 3.05) is 19.6 Å². The van der Waals surface area contributed by atoms with Gasteiger partial charge in [-0.05, 0) is 61.5 Å². The van der Waals surface area contributed by atoms with Gasteiger partial charge < -0.3 is 10.6 Å². The van der Waals surface area contributed by atoms with Gasteiger partial charge in [-0.1, -0.05) is 12.1 Å². The molecule has 2 fully saturated rings. The number of amides is 3. The zero-order valence-corrected chi connectivity index (χ0v) is 15.6. The van der Waals surface area contributed by atoms with Crippen LogP contribution in [0.3, 0.4) is 0 Å². The Morgan fingerprint density at radius 2 is 1.89 bits per heavy atom. The van der Waals surface area contributed by atoms with Crippen molar-refractivity contribution in [3.05, 3.63) is 53.6 Å². The van der Waals surface area contributed by atoms with Crippen molar-refractivity contribution in [1.82, 2.24) is 25.7 Å². The van der Waals surface area contributed by atoms with Crippen molar-refractivity contribution < 1.29 is 14.0 Å². The van der Waals surface area contributed by atoms with E-state index in [0.717, 1.165) is 37.1 Å². The summed E-state index contributed by atoms with van der Waals surface area (Å²) in [7, 11) is 0. The molecule has 1 aromatic heterocycles. The molecule has 0 bridgehead atoms. The maximum atomic E-state index is 13.5. The fourth-order valence-electron chi connectivity index (χ4n) is 4.28. The number of carbonyl (C=O) groups is 2. The smallest absolute Gasteiger partial charge is 0.322 e. The summed E-state index contributed by atoms with van der Waals surface area (Å²) in [5.74, 6) is -0.463. The molecule has 8 heteroatoms. The summed E-state index contributed by atoms with van der Waals surface area (Å²) >= 11 is 0. The lowest BCUT2D eigenvalue weighted by Gasteiger charge is -2.38. The maximum absolute atomic E-state index is 13.5. The minimum Gasteiger partial charge on any atom is -0.322 e. The van der Waals surface area contributed by atoms with Gasteiger partial charge in [0.2, 0.25) is 0 Å². The second-order valence-electron chi connectivity index (χ2n) is 7.54. The summed E-state index contributed by atoms with van der Waals surface area (Å²) in [5, 5.41) is 13.0. The van der Waals surface area contributed by atoms with Crippen LogP contribution in [0, 0.1) is 11.7 Å². The second kappa shape index (κ2) is 7.71. The molecule has 2 saturated heterocycles. The van der Waals surface area contributed by atoms with Crippen LogP contribution in [-0.4, -0.2) is 52.2 Å². The molecule has 7 nitrogen and oxygen atoms in total. The monoisotopic (exact) mass is 385 g/mol. The molecule has 3 amide bonds. The van der Waals surface area contributed by atoms with Gasteiger partial charge in [-0.3, -0.25) is 14.8 Å². The van der Waals surface area contributed by atoms with E-state index in [1.54, 1.807) is 24.5 Å². The van der Waals surface area contributed by atoms with Gasteiger partial charge in [-0.2, -0.15) is 5.10 Å². The number of benzene rings is 1. The third-order valence-corrected chi connectivity index (χ3v) is 5.81. The average Bonchev–Trinajstić information content (AvgIpc) is 3.30. The van der Waals surface area contributed by atoms with Gasteiger partial charge in [0, 0.05) is 19.2 Å². The molecule has 1 aromatic carbocycles. The number of nitrogens with one attached hydrogen (secondary N) is 3. The van der Waals surface area contributed by atoms with Crippen LogP contribution in [0.15, 0.2) is 36.7 Å². The molecular formula is C20H24FN5O2. The number of hydrogen-bond acceptors (Lipinski definition) is 4. The van der Waals surface area contributed by atoms with Gasteiger partial charge in [-0.25, -0.2) is 9.18 Å². The van der Waals surface area contributed by atoms with Gasteiger partial charge in [0.15, 0.2) is 0 Å². The lowest BCUT2D eigenvalue weighted by atomic mass is 9.74.